The van der Waals surface area contributed by atoms with Crippen LogP contribution in [-0.4, -0.2) is 16.5 Å². The molecule has 0 radical (unpaired) electrons. The normalized spacial score (nSPS) is 17.4. The first-order valence-corrected chi connectivity index (χ1v) is 7.98. The van der Waals surface area contributed by atoms with Gasteiger partial charge in [-0.15, -0.1) is 0 Å². The molecule has 110 valence electrons. The first-order valence-electron chi connectivity index (χ1n) is 7.98. The van der Waals surface area contributed by atoms with Gasteiger partial charge in [0.2, 0.25) is 0 Å². The summed E-state index contributed by atoms with van der Waals surface area (Å²) in [6.07, 6.45) is 8.01. The van der Waals surface area contributed by atoms with Crippen molar-refractivity contribution < 1.29 is 0 Å². The Kier molecular flexibility index (Phi) is 4.18. The van der Waals surface area contributed by atoms with E-state index in [4.69, 9.17) is 4.98 Å². The van der Waals surface area contributed by atoms with Gasteiger partial charge in [-0.05, 0) is 31.4 Å². The lowest BCUT2D eigenvalue weighted by Gasteiger charge is -2.36. The lowest BCUT2D eigenvalue weighted by atomic mass is 9.69. The van der Waals surface area contributed by atoms with E-state index in [2.05, 4.69) is 47.6 Å². The maximum Gasteiger partial charge on any atom is 0.141 e. The molecule has 1 saturated carbocycles. The van der Waals surface area contributed by atoms with Crippen LogP contribution in [-0.2, 0) is 5.41 Å². The van der Waals surface area contributed by atoms with Gasteiger partial charge in [0.1, 0.15) is 11.6 Å². The molecule has 0 amide bonds. The second kappa shape index (κ2) is 6.25. The predicted octanol–water partition coefficient (Wildman–Crippen LogP) is 4.16. The van der Waals surface area contributed by atoms with Gasteiger partial charge in [0.15, 0.2) is 0 Å². The van der Waals surface area contributed by atoms with Crippen molar-refractivity contribution in [2.45, 2.75) is 44.4 Å². The van der Waals surface area contributed by atoms with E-state index in [1.807, 2.05) is 12.3 Å². The minimum Gasteiger partial charge on any atom is -0.370 e. The molecule has 1 N–H and O–H groups in total. The molecule has 0 unspecified atom stereocenters. The highest BCUT2D eigenvalue weighted by Gasteiger charge is 2.38. The van der Waals surface area contributed by atoms with E-state index >= 15 is 0 Å². The molecule has 2 aromatic rings. The number of hydrogen-bond acceptors (Lipinski definition) is 3. The molecule has 3 rings (SSSR count). The molecular weight excluding hydrogens is 258 g/mol. The molecule has 3 nitrogen and oxygen atoms in total. The number of anilines is 1. The van der Waals surface area contributed by atoms with Crippen molar-refractivity contribution in [3.8, 4) is 0 Å². The molecule has 0 atom stereocenters. The summed E-state index contributed by atoms with van der Waals surface area (Å²) in [7, 11) is 0. The topological polar surface area (TPSA) is 37.8 Å². The summed E-state index contributed by atoms with van der Waals surface area (Å²) in [5.74, 6) is 1.91. The predicted molar refractivity (Wildman–Crippen MR) is 86.5 cm³/mol. The van der Waals surface area contributed by atoms with E-state index in [9.17, 15) is 0 Å². The average Bonchev–Trinajstić information content (AvgIpc) is 2.57. The molecule has 1 aromatic heterocycles. The molecule has 1 aromatic carbocycles. The Hall–Kier alpha value is -1.90. The standard InChI is InChI=1S/C18H23N3/c1-2-19-16-11-14-20-17(21-16)18(12-7-4-8-13-18)15-9-5-3-6-10-15/h3,5-6,9-11,14H,2,4,7-8,12-13H2,1H3,(H,19,20,21). The van der Waals surface area contributed by atoms with E-state index in [-0.39, 0.29) is 5.41 Å². The van der Waals surface area contributed by atoms with E-state index in [0.717, 1.165) is 31.0 Å². The van der Waals surface area contributed by atoms with Crippen LogP contribution in [0.5, 0.6) is 0 Å². The zero-order valence-corrected chi connectivity index (χ0v) is 12.7. The van der Waals surface area contributed by atoms with Crippen molar-refractivity contribution in [1.82, 2.24) is 9.97 Å². The van der Waals surface area contributed by atoms with Crippen LogP contribution in [0.3, 0.4) is 0 Å². The number of benzene rings is 1. The van der Waals surface area contributed by atoms with Crippen LogP contribution in [0.2, 0.25) is 0 Å². The molecule has 0 saturated heterocycles. The van der Waals surface area contributed by atoms with Crippen molar-refractivity contribution in [3.05, 3.63) is 54.0 Å². The van der Waals surface area contributed by atoms with Crippen molar-refractivity contribution in [2.24, 2.45) is 0 Å². The van der Waals surface area contributed by atoms with Crippen molar-refractivity contribution in [3.63, 3.8) is 0 Å². The molecule has 1 aliphatic carbocycles. The minimum absolute atomic E-state index is 0.00899. The summed E-state index contributed by atoms with van der Waals surface area (Å²) in [5, 5.41) is 3.30. The Morgan fingerprint density at radius 1 is 1.05 bits per heavy atom. The molecule has 1 fully saturated rings. The summed E-state index contributed by atoms with van der Waals surface area (Å²) >= 11 is 0. The number of nitrogens with one attached hydrogen (secondary N) is 1. The largest absolute Gasteiger partial charge is 0.370 e. The fourth-order valence-electron chi connectivity index (χ4n) is 3.42. The van der Waals surface area contributed by atoms with E-state index < -0.39 is 0 Å². The van der Waals surface area contributed by atoms with Crippen LogP contribution < -0.4 is 5.32 Å². The van der Waals surface area contributed by atoms with Crippen LogP contribution in [0.15, 0.2) is 42.6 Å². The third-order valence-electron chi connectivity index (χ3n) is 4.47. The molecule has 3 heteroatoms. The highest BCUT2D eigenvalue weighted by Crippen LogP contribution is 2.43. The first-order chi connectivity index (χ1) is 10.3. The number of aromatic nitrogens is 2. The second-order valence-corrected chi connectivity index (χ2v) is 5.80. The van der Waals surface area contributed by atoms with Gasteiger partial charge in [-0.1, -0.05) is 49.6 Å². The maximum atomic E-state index is 4.81. The molecule has 21 heavy (non-hydrogen) atoms. The molecule has 0 bridgehead atoms. The average molecular weight is 281 g/mol. The number of rotatable bonds is 4. The van der Waals surface area contributed by atoms with Crippen LogP contribution in [0, 0.1) is 0 Å². The molecule has 0 spiro atoms. The third-order valence-corrected chi connectivity index (χ3v) is 4.47. The summed E-state index contributed by atoms with van der Waals surface area (Å²) in [6.45, 7) is 2.98. The Balaban J connectivity index is 2.05. The van der Waals surface area contributed by atoms with Gasteiger partial charge in [-0.3, -0.25) is 0 Å². The Labute approximate surface area is 126 Å². The Morgan fingerprint density at radius 3 is 2.52 bits per heavy atom. The summed E-state index contributed by atoms with van der Waals surface area (Å²) < 4.78 is 0. The quantitative estimate of drug-likeness (QED) is 0.914. The zero-order chi connectivity index (χ0) is 14.5. The minimum atomic E-state index is -0.00899. The van der Waals surface area contributed by atoms with Gasteiger partial charge in [-0.2, -0.15) is 0 Å². The van der Waals surface area contributed by atoms with Crippen LogP contribution >= 0.6 is 0 Å². The van der Waals surface area contributed by atoms with E-state index in [1.165, 1.54) is 24.8 Å². The zero-order valence-electron chi connectivity index (χ0n) is 12.7. The fourth-order valence-corrected chi connectivity index (χ4v) is 3.42. The SMILES string of the molecule is CCNc1ccnc(C2(c3ccccc3)CCCCC2)n1. The van der Waals surface area contributed by atoms with Crippen LogP contribution in [0.4, 0.5) is 5.82 Å². The molecule has 0 aliphatic heterocycles. The van der Waals surface area contributed by atoms with E-state index in [0.29, 0.717) is 0 Å². The van der Waals surface area contributed by atoms with E-state index in [1.54, 1.807) is 0 Å². The smallest absolute Gasteiger partial charge is 0.141 e. The lowest BCUT2D eigenvalue weighted by molar-refractivity contribution is 0.330. The lowest BCUT2D eigenvalue weighted by Crippen LogP contribution is -2.32. The third kappa shape index (κ3) is 2.78. The second-order valence-electron chi connectivity index (χ2n) is 5.80. The van der Waals surface area contributed by atoms with Crippen LogP contribution in [0.25, 0.3) is 0 Å². The van der Waals surface area contributed by atoms with Crippen LogP contribution in [0.1, 0.15) is 50.4 Å². The Bertz CT molecular complexity index is 574. The maximum absolute atomic E-state index is 4.81. The van der Waals surface area contributed by atoms with Crippen molar-refractivity contribution in [2.75, 3.05) is 11.9 Å². The summed E-state index contributed by atoms with van der Waals surface area (Å²) in [4.78, 5) is 9.46. The Morgan fingerprint density at radius 2 is 1.81 bits per heavy atom. The van der Waals surface area contributed by atoms with Gasteiger partial charge in [0.25, 0.3) is 0 Å². The highest BCUT2D eigenvalue weighted by atomic mass is 15.0. The molecule has 1 aliphatic rings. The monoisotopic (exact) mass is 281 g/mol. The van der Waals surface area contributed by atoms with Crippen molar-refractivity contribution in [1.29, 1.82) is 0 Å². The summed E-state index contributed by atoms with van der Waals surface area (Å²) in [5.41, 5.74) is 1.35. The van der Waals surface area contributed by atoms with Gasteiger partial charge < -0.3 is 5.32 Å². The van der Waals surface area contributed by atoms with Gasteiger partial charge in [0, 0.05) is 12.7 Å². The highest BCUT2D eigenvalue weighted by molar-refractivity contribution is 5.39. The van der Waals surface area contributed by atoms with Gasteiger partial charge in [0.05, 0.1) is 5.41 Å². The summed E-state index contributed by atoms with van der Waals surface area (Å²) in [6, 6.07) is 12.7. The molecular formula is C18H23N3. The first kappa shape index (κ1) is 14.1. The van der Waals surface area contributed by atoms with Gasteiger partial charge >= 0.3 is 0 Å². The number of nitrogens with zero attached hydrogens (tertiary/aromatic N) is 2. The van der Waals surface area contributed by atoms with Gasteiger partial charge in [-0.25, -0.2) is 9.97 Å². The fraction of sp³-hybridized carbons (Fsp3) is 0.444. The molecule has 1 heterocycles. The van der Waals surface area contributed by atoms with Crippen molar-refractivity contribution >= 4 is 5.82 Å². The number of hydrogen-bond donors (Lipinski definition) is 1.